The molecule has 0 amide bonds. The maximum atomic E-state index is 13.6. The van der Waals surface area contributed by atoms with Gasteiger partial charge in [0.25, 0.3) is 0 Å². The Morgan fingerprint density at radius 1 is 1.20 bits per heavy atom. The molecule has 130 valence electrons. The van der Waals surface area contributed by atoms with Crippen LogP contribution in [0.2, 0.25) is 0 Å². The van der Waals surface area contributed by atoms with E-state index in [-0.39, 0.29) is 11.5 Å². The minimum Gasteiger partial charge on any atom is -0.380 e. The SMILES string of the molecule is CCOCC1(C#N)C(c2cccc(F)c2)C1S(=O)(=O)c1ccccc1. The van der Waals surface area contributed by atoms with E-state index in [1.807, 2.05) is 0 Å². The van der Waals surface area contributed by atoms with E-state index >= 15 is 0 Å². The molecule has 0 bridgehead atoms. The lowest BCUT2D eigenvalue weighted by Gasteiger charge is -2.09. The van der Waals surface area contributed by atoms with Crippen LogP contribution >= 0.6 is 0 Å². The Hall–Kier alpha value is -2.23. The first kappa shape index (κ1) is 17.6. The molecule has 4 nitrogen and oxygen atoms in total. The van der Waals surface area contributed by atoms with Crippen LogP contribution in [-0.2, 0) is 14.6 Å². The van der Waals surface area contributed by atoms with Crippen LogP contribution in [0.1, 0.15) is 18.4 Å². The molecule has 6 heteroatoms. The maximum absolute atomic E-state index is 13.6. The molecule has 0 heterocycles. The summed E-state index contributed by atoms with van der Waals surface area (Å²) in [6, 6.07) is 16.0. The Morgan fingerprint density at radius 3 is 2.52 bits per heavy atom. The van der Waals surface area contributed by atoms with Crippen LogP contribution in [0.3, 0.4) is 0 Å². The molecule has 3 atom stereocenters. The van der Waals surface area contributed by atoms with Gasteiger partial charge in [0.05, 0.1) is 22.8 Å². The van der Waals surface area contributed by atoms with E-state index in [2.05, 4.69) is 6.07 Å². The highest BCUT2D eigenvalue weighted by molar-refractivity contribution is 7.92. The van der Waals surface area contributed by atoms with Crippen molar-refractivity contribution in [2.45, 2.75) is 23.0 Å². The zero-order valence-electron chi connectivity index (χ0n) is 13.7. The van der Waals surface area contributed by atoms with E-state index < -0.39 is 32.2 Å². The van der Waals surface area contributed by atoms with Gasteiger partial charge in [-0.15, -0.1) is 0 Å². The van der Waals surface area contributed by atoms with Crippen LogP contribution in [0.15, 0.2) is 59.5 Å². The molecule has 0 aromatic heterocycles. The molecule has 1 aliphatic rings. The van der Waals surface area contributed by atoms with E-state index in [1.54, 1.807) is 31.2 Å². The fourth-order valence-electron chi connectivity index (χ4n) is 3.40. The zero-order valence-corrected chi connectivity index (χ0v) is 14.5. The number of ether oxygens (including phenoxy) is 1. The van der Waals surface area contributed by atoms with Gasteiger partial charge in [-0.2, -0.15) is 5.26 Å². The normalized spacial score (nSPS) is 25.3. The van der Waals surface area contributed by atoms with Gasteiger partial charge >= 0.3 is 0 Å². The summed E-state index contributed by atoms with van der Waals surface area (Å²) in [4.78, 5) is 0.162. The highest BCUT2D eigenvalue weighted by atomic mass is 32.2. The van der Waals surface area contributed by atoms with E-state index in [0.717, 1.165) is 0 Å². The number of nitrogens with zero attached hydrogens (tertiary/aromatic N) is 1. The molecule has 2 aromatic rings. The first-order valence-corrected chi connectivity index (χ1v) is 9.55. The summed E-state index contributed by atoms with van der Waals surface area (Å²) in [7, 11) is -3.75. The van der Waals surface area contributed by atoms with Crippen molar-refractivity contribution in [3.8, 4) is 6.07 Å². The predicted octanol–water partition coefficient (Wildman–Crippen LogP) is 3.31. The Bertz CT molecular complexity index is 908. The van der Waals surface area contributed by atoms with E-state index in [9.17, 15) is 18.1 Å². The molecule has 0 aliphatic heterocycles. The monoisotopic (exact) mass is 359 g/mol. The van der Waals surface area contributed by atoms with Crippen LogP contribution in [0, 0.1) is 22.6 Å². The first-order valence-electron chi connectivity index (χ1n) is 8.01. The third kappa shape index (κ3) is 2.94. The maximum Gasteiger partial charge on any atom is 0.183 e. The lowest BCUT2D eigenvalue weighted by atomic mass is 10.0. The average molecular weight is 359 g/mol. The van der Waals surface area contributed by atoms with Crippen molar-refractivity contribution >= 4 is 9.84 Å². The predicted molar refractivity (Wildman–Crippen MR) is 91.1 cm³/mol. The summed E-state index contributed by atoms with van der Waals surface area (Å²) in [6.45, 7) is 2.15. The fraction of sp³-hybridized carbons (Fsp3) is 0.316. The number of nitriles is 1. The molecule has 25 heavy (non-hydrogen) atoms. The third-order valence-corrected chi connectivity index (χ3v) is 6.91. The van der Waals surface area contributed by atoms with Crippen molar-refractivity contribution in [2.75, 3.05) is 13.2 Å². The molecule has 0 radical (unpaired) electrons. The van der Waals surface area contributed by atoms with Gasteiger partial charge < -0.3 is 4.74 Å². The minimum atomic E-state index is -3.75. The van der Waals surface area contributed by atoms with Gasteiger partial charge in [-0.1, -0.05) is 30.3 Å². The van der Waals surface area contributed by atoms with Gasteiger partial charge in [0, 0.05) is 12.5 Å². The summed E-state index contributed by atoms with van der Waals surface area (Å²) in [6.07, 6.45) is 0. The Labute approximate surface area is 146 Å². The van der Waals surface area contributed by atoms with Crippen molar-refractivity contribution in [3.63, 3.8) is 0 Å². The lowest BCUT2D eigenvalue weighted by Crippen LogP contribution is -2.19. The van der Waals surface area contributed by atoms with Crippen LogP contribution in [0.5, 0.6) is 0 Å². The average Bonchev–Trinajstić information content (AvgIpc) is 3.31. The second kappa shape index (κ2) is 6.58. The van der Waals surface area contributed by atoms with Gasteiger partial charge in [-0.25, -0.2) is 12.8 Å². The van der Waals surface area contributed by atoms with Crippen molar-refractivity contribution in [1.82, 2.24) is 0 Å². The molecule has 0 spiro atoms. The quantitative estimate of drug-likeness (QED) is 0.794. The number of hydrogen-bond donors (Lipinski definition) is 0. The fourth-order valence-corrected chi connectivity index (χ4v) is 5.73. The molecule has 3 unspecified atom stereocenters. The summed E-state index contributed by atoms with van der Waals surface area (Å²) in [5, 5.41) is 8.82. The Balaban J connectivity index is 2.08. The highest BCUT2D eigenvalue weighted by Gasteiger charge is 2.72. The molecular formula is C19H18FNO3S. The largest absolute Gasteiger partial charge is 0.380 e. The van der Waals surface area contributed by atoms with Gasteiger partial charge in [0.15, 0.2) is 9.84 Å². The van der Waals surface area contributed by atoms with E-state index in [1.165, 1.54) is 30.3 Å². The second-order valence-electron chi connectivity index (χ2n) is 6.10. The molecule has 1 aliphatic carbocycles. The lowest BCUT2D eigenvalue weighted by molar-refractivity contribution is 0.117. The highest BCUT2D eigenvalue weighted by Crippen LogP contribution is 2.63. The molecule has 0 saturated heterocycles. The second-order valence-corrected chi connectivity index (χ2v) is 8.17. The van der Waals surface area contributed by atoms with E-state index in [0.29, 0.717) is 12.2 Å². The molecular weight excluding hydrogens is 341 g/mol. The van der Waals surface area contributed by atoms with Crippen LogP contribution in [0.4, 0.5) is 4.39 Å². The van der Waals surface area contributed by atoms with E-state index in [4.69, 9.17) is 4.74 Å². The standard InChI is InChI=1S/C19H18FNO3S/c1-2-24-13-19(12-21)17(14-7-6-8-15(20)11-14)18(19)25(22,23)16-9-4-3-5-10-16/h3-11,17-18H,2,13H2,1H3. The van der Waals surface area contributed by atoms with Gasteiger partial charge in [0.1, 0.15) is 11.2 Å². The van der Waals surface area contributed by atoms with Crippen LogP contribution < -0.4 is 0 Å². The zero-order chi connectivity index (χ0) is 18.1. The van der Waals surface area contributed by atoms with Gasteiger partial charge in [-0.05, 0) is 36.8 Å². The number of hydrogen-bond acceptors (Lipinski definition) is 4. The smallest absolute Gasteiger partial charge is 0.183 e. The Kier molecular flexibility index (Phi) is 4.63. The third-order valence-electron chi connectivity index (χ3n) is 4.62. The Morgan fingerprint density at radius 2 is 1.92 bits per heavy atom. The number of sulfone groups is 1. The summed E-state index contributed by atoms with van der Waals surface area (Å²) in [5.74, 6) is -1.08. The molecule has 3 rings (SSSR count). The molecule has 1 saturated carbocycles. The summed E-state index contributed by atoms with van der Waals surface area (Å²) in [5.41, 5.74) is -0.705. The summed E-state index contributed by atoms with van der Waals surface area (Å²) >= 11 is 0. The van der Waals surface area contributed by atoms with Crippen molar-refractivity contribution in [2.24, 2.45) is 5.41 Å². The number of benzene rings is 2. The van der Waals surface area contributed by atoms with Crippen molar-refractivity contribution in [1.29, 1.82) is 5.26 Å². The number of halogens is 1. The van der Waals surface area contributed by atoms with Crippen molar-refractivity contribution < 1.29 is 17.5 Å². The first-order chi connectivity index (χ1) is 12.0. The topological polar surface area (TPSA) is 67.2 Å². The van der Waals surface area contributed by atoms with Crippen LogP contribution in [-0.4, -0.2) is 26.9 Å². The molecule has 2 aromatic carbocycles. The molecule has 1 fully saturated rings. The number of rotatable bonds is 6. The van der Waals surface area contributed by atoms with Crippen molar-refractivity contribution in [3.05, 3.63) is 66.0 Å². The molecule has 0 N–H and O–H groups in total. The van der Waals surface area contributed by atoms with Gasteiger partial charge in [0.2, 0.25) is 0 Å². The van der Waals surface area contributed by atoms with Gasteiger partial charge in [-0.3, -0.25) is 0 Å². The minimum absolute atomic E-state index is 0.00207. The summed E-state index contributed by atoms with van der Waals surface area (Å²) < 4.78 is 45.3. The van der Waals surface area contributed by atoms with Crippen LogP contribution in [0.25, 0.3) is 0 Å².